The zero-order valence-corrected chi connectivity index (χ0v) is 20.2. The summed E-state index contributed by atoms with van der Waals surface area (Å²) < 4.78 is 5.57. The van der Waals surface area contributed by atoms with Crippen LogP contribution in [0.1, 0.15) is 39.2 Å². The van der Waals surface area contributed by atoms with Gasteiger partial charge in [0.25, 0.3) is 0 Å². The molecule has 0 N–H and O–H groups in total. The lowest BCUT2D eigenvalue weighted by Gasteiger charge is -2.36. The number of nitrogens with zero attached hydrogens (tertiary/aromatic N) is 2. The van der Waals surface area contributed by atoms with Gasteiger partial charge in [0, 0.05) is 24.2 Å². The number of terminal acetylenes is 1. The summed E-state index contributed by atoms with van der Waals surface area (Å²) in [6.45, 7) is 12.5. The van der Waals surface area contributed by atoms with Gasteiger partial charge in [-0.25, -0.2) is 0 Å². The molecule has 1 fully saturated rings. The molecule has 168 valence electrons. The molecule has 0 aliphatic carbocycles. The summed E-state index contributed by atoms with van der Waals surface area (Å²) in [6, 6.07) is 6.52. The lowest BCUT2D eigenvalue weighted by molar-refractivity contribution is 0.263. The number of ether oxygens (including phenoxy) is 1. The molecule has 2 heterocycles. The first-order valence-electron chi connectivity index (χ1n) is 11.4. The number of benzene rings is 1. The predicted octanol–water partition coefficient (Wildman–Crippen LogP) is 6.02. The molecule has 3 heteroatoms. The number of allylic oxidation sites excluding steroid dienone is 7. The molecular weight excluding hydrogens is 392 g/mol. The molecule has 1 aromatic carbocycles. The molecule has 1 saturated heterocycles. The van der Waals surface area contributed by atoms with Gasteiger partial charge in [-0.1, -0.05) is 50.7 Å². The summed E-state index contributed by atoms with van der Waals surface area (Å²) in [5, 5.41) is 0. The van der Waals surface area contributed by atoms with Crippen LogP contribution in [0.4, 0.5) is 5.69 Å². The standard InChI is InChI=1S/C29H36N2O/c1-8-12-15-23(13-9-2)25(14-10-3)22(11-4)21-31-27-17-16-24(32-7)20-26(27)29(5)18-19-30(6)28(29)31/h1,10-17,20,28H,3,9,18-19,21H2,2,4-7H3/b15-12-,22-11-,23-13+,25-14+. The van der Waals surface area contributed by atoms with E-state index in [1.165, 1.54) is 22.4 Å². The van der Waals surface area contributed by atoms with E-state index in [1.807, 2.05) is 12.2 Å². The highest BCUT2D eigenvalue weighted by atomic mass is 16.5. The predicted molar refractivity (Wildman–Crippen MR) is 137 cm³/mol. The van der Waals surface area contributed by atoms with Crippen molar-refractivity contribution in [3.05, 3.63) is 83.5 Å². The van der Waals surface area contributed by atoms with Crippen LogP contribution >= 0.6 is 0 Å². The second kappa shape index (κ2) is 10.1. The topological polar surface area (TPSA) is 15.7 Å². The molecule has 3 nitrogen and oxygen atoms in total. The molecule has 0 aromatic heterocycles. The van der Waals surface area contributed by atoms with E-state index < -0.39 is 0 Å². The van der Waals surface area contributed by atoms with Gasteiger partial charge in [-0.15, -0.1) is 6.42 Å². The highest BCUT2D eigenvalue weighted by molar-refractivity contribution is 5.68. The quantitative estimate of drug-likeness (QED) is 0.372. The van der Waals surface area contributed by atoms with E-state index in [0.717, 1.165) is 37.3 Å². The van der Waals surface area contributed by atoms with Crippen LogP contribution in [0.15, 0.2) is 78.0 Å². The lowest BCUT2D eigenvalue weighted by atomic mass is 9.81. The fraction of sp³-hybridized carbons (Fsp3) is 0.379. The van der Waals surface area contributed by atoms with Gasteiger partial charge in [0.1, 0.15) is 5.75 Å². The molecule has 2 aliphatic rings. The minimum Gasteiger partial charge on any atom is -0.497 e. The van der Waals surface area contributed by atoms with Crippen LogP contribution < -0.4 is 9.64 Å². The molecule has 32 heavy (non-hydrogen) atoms. The van der Waals surface area contributed by atoms with E-state index in [-0.39, 0.29) is 5.41 Å². The third kappa shape index (κ3) is 4.20. The highest BCUT2D eigenvalue weighted by Crippen LogP contribution is 2.52. The first-order valence-corrected chi connectivity index (χ1v) is 11.4. The molecular formula is C29H36N2O. The maximum atomic E-state index is 5.57. The number of rotatable bonds is 8. The minimum atomic E-state index is 0.0747. The summed E-state index contributed by atoms with van der Waals surface area (Å²) in [6.07, 6.45) is 20.1. The van der Waals surface area contributed by atoms with Crippen LogP contribution in [-0.2, 0) is 5.41 Å². The van der Waals surface area contributed by atoms with Crippen molar-refractivity contribution in [2.75, 3.05) is 32.1 Å². The van der Waals surface area contributed by atoms with Crippen LogP contribution in [0.3, 0.4) is 0 Å². The van der Waals surface area contributed by atoms with Crippen LogP contribution in [0, 0.1) is 12.3 Å². The number of likely N-dealkylation sites (tertiary alicyclic amines) is 1. The van der Waals surface area contributed by atoms with Gasteiger partial charge in [-0.2, -0.15) is 0 Å². The molecule has 1 aromatic rings. The van der Waals surface area contributed by atoms with Crippen molar-refractivity contribution in [2.24, 2.45) is 0 Å². The van der Waals surface area contributed by atoms with E-state index in [9.17, 15) is 0 Å². The summed E-state index contributed by atoms with van der Waals surface area (Å²) >= 11 is 0. The monoisotopic (exact) mass is 428 g/mol. The molecule has 3 rings (SSSR count). The van der Waals surface area contributed by atoms with Crippen molar-refractivity contribution in [2.45, 2.75) is 45.2 Å². The molecule has 0 radical (unpaired) electrons. The fourth-order valence-corrected chi connectivity index (χ4v) is 5.30. The number of methoxy groups -OCH3 is 1. The van der Waals surface area contributed by atoms with Crippen molar-refractivity contribution in [1.29, 1.82) is 0 Å². The van der Waals surface area contributed by atoms with Gasteiger partial charge in [0.15, 0.2) is 0 Å². The largest absolute Gasteiger partial charge is 0.497 e. The third-order valence-electron chi connectivity index (χ3n) is 6.81. The van der Waals surface area contributed by atoms with Gasteiger partial charge in [-0.3, -0.25) is 4.90 Å². The van der Waals surface area contributed by atoms with E-state index in [4.69, 9.17) is 11.2 Å². The average molecular weight is 429 g/mol. The Morgan fingerprint density at radius 3 is 2.81 bits per heavy atom. The molecule has 2 atom stereocenters. The minimum absolute atomic E-state index is 0.0747. The summed E-state index contributed by atoms with van der Waals surface area (Å²) in [4.78, 5) is 5.04. The number of likely N-dealkylation sites (N-methyl/N-ethyl adjacent to an activating group) is 1. The second-order valence-corrected chi connectivity index (χ2v) is 8.73. The maximum Gasteiger partial charge on any atom is 0.119 e. The van der Waals surface area contributed by atoms with E-state index >= 15 is 0 Å². The van der Waals surface area contributed by atoms with Crippen molar-refractivity contribution in [1.82, 2.24) is 4.90 Å². The van der Waals surface area contributed by atoms with Gasteiger partial charge in [-0.05, 0) is 79.4 Å². The lowest BCUT2D eigenvalue weighted by Crippen LogP contribution is -2.48. The van der Waals surface area contributed by atoms with E-state index in [2.05, 4.69) is 86.5 Å². The Labute approximate surface area is 194 Å². The molecule has 2 unspecified atom stereocenters. The number of hydrogen-bond acceptors (Lipinski definition) is 3. The number of anilines is 1. The molecule has 0 saturated carbocycles. The fourth-order valence-electron chi connectivity index (χ4n) is 5.30. The Hall–Kier alpha value is -2.96. The zero-order valence-electron chi connectivity index (χ0n) is 20.2. The van der Waals surface area contributed by atoms with Crippen molar-refractivity contribution >= 4 is 5.69 Å². The molecule has 0 spiro atoms. The summed E-state index contributed by atoms with van der Waals surface area (Å²) in [5.41, 5.74) is 6.31. The van der Waals surface area contributed by atoms with Crippen LogP contribution in [0.2, 0.25) is 0 Å². The SMILES string of the molecule is C#C\C=C/C(=C\CC)C(=C/C=C)/C(=C\C)CN1c2ccc(OC)cc2C2(C)CCN(C)C12. The van der Waals surface area contributed by atoms with E-state index in [0.29, 0.717) is 6.17 Å². The van der Waals surface area contributed by atoms with Gasteiger partial charge < -0.3 is 9.64 Å². The molecule has 2 aliphatic heterocycles. The smallest absolute Gasteiger partial charge is 0.119 e. The highest BCUT2D eigenvalue weighted by Gasteiger charge is 2.53. The summed E-state index contributed by atoms with van der Waals surface area (Å²) in [5.74, 6) is 3.55. The maximum absolute atomic E-state index is 5.57. The summed E-state index contributed by atoms with van der Waals surface area (Å²) in [7, 11) is 3.98. The number of fused-ring (bicyclic) bond motifs is 3. The first-order chi connectivity index (χ1) is 15.4. The van der Waals surface area contributed by atoms with Crippen molar-refractivity contribution in [3.8, 4) is 18.1 Å². The van der Waals surface area contributed by atoms with E-state index in [1.54, 1.807) is 13.2 Å². The van der Waals surface area contributed by atoms with Crippen LogP contribution in [0.25, 0.3) is 0 Å². The Morgan fingerprint density at radius 2 is 2.19 bits per heavy atom. The molecule has 0 amide bonds. The third-order valence-corrected chi connectivity index (χ3v) is 6.81. The van der Waals surface area contributed by atoms with Crippen molar-refractivity contribution in [3.63, 3.8) is 0 Å². The molecule has 0 bridgehead atoms. The Bertz CT molecular complexity index is 1020. The average Bonchev–Trinajstić information content (AvgIpc) is 3.23. The van der Waals surface area contributed by atoms with Crippen LogP contribution in [0.5, 0.6) is 5.75 Å². The van der Waals surface area contributed by atoms with Gasteiger partial charge in [0.2, 0.25) is 0 Å². The van der Waals surface area contributed by atoms with Crippen LogP contribution in [-0.4, -0.2) is 38.3 Å². The second-order valence-electron chi connectivity index (χ2n) is 8.73. The first kappa shape index (κ1) is 23.7. The Kier molecular flexibility index (Phi) is 7.48. The van der Waals surface area contributed by atoms with Gasteiger partial charge >= 0.3 is 0 Å². The Morgan fingerprint density at radius 1 is 1.41 bits per heavy atom. The zero-order chi connectivity index (χ0) is 23.3. The van der Waals surface area contributed by atoms with Gasteiger partial charge in [0.05, 0.1) is 13.3 Å². The normalized spacial score (nSPS) is 23.9. The van der Waals surface area contributed by atoms with Crippen molar-refractivity contribution < 1.29 is 4.74 Å². The number of hydrogen-bond donors (Lipinski definition) is 0. The Balaban J connectivity index is 2.06.